The summed E-state index contributed by atoms with van der Waals surface area (Å²) in [5.74, 6) is 0. The van der Waals surface area contributed by atoms with Gasteiger partial charge in [-0.2, -0.15) is 17.7 Å². The van der Waals surface area contributed by atoms with Gasteiger partial charge in [0.2, 0.25) is 0 Å². The first kappa shape index (κ1) is 18.5. The molecular formula is C21H22ClN3OS. The lowest BCUT2D eigenvalue weighted by Crippen LogP contribution is -2.48. The van der Waals surface area contributed by atoms with Crippen molar-refractivity contribution < 1.29 is 5.11 Å². The first-order valence-electron chi connectivity index (χ1n) is 9.06. The standard InChI is InChI=1S/C21H22ClN3OS/c22-18-8-6-16(7-9-18)10-11-20(26,13-25-15-23-14-24-25)21(12-19(21)27)17-4-2-1-3-5-17/h1-9,14-15,19,26-27H,10-13H2. The van der Waals surface area contributed by atoms with Gasteiger partial charge in [0, 0.05) is 15.7 Å². The maximum absolute atomic E-state index is 11.9. The van der Waals surface area contributed by atoms with Gasteiger partial charge in [0.1, 0.15) is 12.7 Å². The Balaban J connectivity index is 1.66. The van der Waals surface area contributed by atoms with Crippen LogP contribution in [0.25, 0.3) is 0 Å². The zero-order valence-corrected chi connectivity index (χ0v) is 16.5. The van der Waals surface area contributed by atoms with Gasteiger partial charge in [-0.1, -0.05) is 54.1 Å². The Morgan fingerprint density at radius 2 is 1.89 bits per heavy atom. The molecule has 3 atom stereocenters. The fraction of sp³-hybridized carbons (Fsp3) is 0.333. The molecule has 0 amide bonds. The second-order valence-corrected chi connectivity index (χ2v) is 8.37. The zero-order chi connectivity index (χ0) is 18.9. The highest BCUT2D eigenvalue weighted by atomic mass is 35.5. The molecule has 0 aliphatic heterocycles. The minimum absolute atomic E-state index is 0.110. The van der Waals surface area contributed by atoms with Crippen molar-refractivity contribution in [3.63, 3.8) is 0 Å². The maximum atomic E-state index is 11.9. The van der Waals surface area contributed by atoms with Crippen LogP contribution in [0.15, 0.2) is 67.3 Å². The van der Waals surface area contributed by atoms with Crippen LogP contribution in [-0.4, -0.2) is 30.7 Å². The van der Waals surface area contributed by atoms with E-state index < -0.39 is 11.0 Å². The van der Waals surface area contributed by atoms with E-state index in [0.717, 1.165) is 29.0 Å². The van der Waals surface area contributed by atoms with Crippen LogP contribution in [0, 0.1) is 0 Å². The third-order valence-electron chi connectivity index (χ3n) is 5.67. The molecular weight excluding hydrogens is 378 g/mol. The fourth-order valence-corrected chi connectivity index (χ4v) is 4.89. The molecule has 4 rings (SSSR count). The van der Waals surface area contributed by atoms with Crippen LogP contribution in [0.5, 0.6) is 0 Å². The molecule has 0 bridgehead atoms. The average Bonchev–Trinajstić information content (AvgIpc) is 3.12. The predicted octanol–water partition coefficient (Wildman–Crippen LogP) is 3.94. The number of aliphatic hydroxyl groups is 1. The van der Waals surface area contributed by atoms with Crippen LogP contribution >= 0.6 is 24.2 Å². The largest absolute Gasteiger partial charge is 0.387 e. The molecule has 1 saturated carbocycles. The average molecular weight is 400 g/mol. The molecule has 0 radical (unpaired) electrons. The Hall–Kier alpha value is -1.82. The van der Waals surface area contributed by atoms with Crippen LogP contribution in [0.3, 0.4) is 0 Å². The van der Waals surface area contributed by atoms with Gasteiger partial charge in [-0.25, -0.2) is 4.98 Å². The van der Waals surface area contributed by atoms with Crippen LogP contribution in [0.1, 0.15) is 24.0 Å². The lowest BCUT2D eigenvalue weighted by Gasteiger charge is -2.38. The predicted molar refractivity (Wildman–Crippen MR) is 110 cm³/mol. The van der Waals surface area contributed by atoms with Gasteiger partial charge in [0.05, 0.1) is 12.1 Å². The lowest BCUT2D eigenvalue weighted by molar-refractivity contribution is -0.0256. The number of aromatic nitrogens is 3. The SMILES string of the molecule is OC(CCc1ccc(Cl)cc1)(Cn1cncn1)C1(c2ccccc2)CC1S. The lowest BCUT2D eigenvalue weighted by atomic mass is 9.75. The van der Waals surface area contributed by atoms with E-state index in [4.69, 9.17) is 24.2 Å². The number of benzene rings is 2. The molecule has 140 valence electrons. The molecule has 1 N–H and O–H groups in total. The van der Waals surface area contributed by atoms with E-state index >= 15 is 0 Å². The summed E-state index contributed by atoms with van der Waals surface area (Å²) in [6.07, 6.45) is 5.34. The van der Waals surface area contributed by atoms with E-state index in [-0.39, 0.29) is 5.25 Å². The molecule has 1 fully saturated rings. The number of thiol groups is 1. The van der Waals surface area contributed by atoms with E-state index in [1.807, 2.05) is 42.5 Å². The number of rotatable bonds is 7. The molecule has 27 heavy (non-hydrogen) atoms. The summed E-state index contributed by atoms with van der Waals surface area (Å²) < 4.78 is 1.71. The molecule has 1 aromatic heterocycles. The summed E-state index contributed by atoms with van der Waals surface area (Å²) in [6, 6.07) is 18.0. The summed E-state index contributed by atoms with van der Waals surface area (Å²) >= 11 is 10.8. The Labute approximate surface area is 169 Å². The first-order valence-corrected chi connectivity index (χ1v) is 9.96. The zero-order valence-electron chi connectivity index (χ0n) is 14.9. The number of hydrogen-bond donors (Lipinski definition) is 2. The summed E-state index contributed by atoms with van der Waals surface area (Å²) in [5.41, 5.74) is 0.892. The van der Waals surface area contributed by atoms with Crippen molar-refractivity contribution in [2.75, 3.05) is 0 Å². The molecule has 6 heteroatoms. The van der Waals surface area contributed by atoms with Crippen LogP contribution < -0.4 is 0 Å². The van der Waals surface area contributed by atoms with Crippen molar-refractivity contribution in [3.8, 4) is 0 Å². The summed E-state index contributed by atoms with van der Waals surface area (Å²) in [6.45, 7) is 0.381. The summed E-state index contributed by atoms with van der Waals surface area (Å²) in [7, 11) is 0. The summed E-state index contributed by atoms with van der Waals surface area (Å²) in [4.78, 5) is 4.04. The molecule has 4 nitrogen and oxygen atoms in total. The van der Waals surface area contributed by atoms with E-state index in [2.05, 4.69) is 22.2 Å². The number of nitrogens with zero attached hydrogens (tertiary/aromatic N) is 3. The molecule has 3 aromatic rings. The second kappa shape index (κ2) is 7.30. The highest BCUT2D eigenvalue weighted by Gasteiger charge is 2.65. The highest BCUT2D eigenvalue weighted by Crippen LogP contribution is 2.60. The molecule has 1 aliphatic rings. The van der Waals surface area contributed by atoms with E-state index in [1.165, 1.54) is 6.33 Å². The minimum Gasteiger partial charge on any atom is -0.387 e. The van der Waals surface area contributed by atoms with Crippen LogP contribution in [-0.2, 0) is 18.4 Å². The molecule has 3 unspecified atom stereocenters. The monoisotopic (exact) mass is 399 g/mol. The number of aryl methyl sites for hydroxylation is 1. The van der Waals surface area contributed by atoms with Gasteiger partial charge in [0.15, 0.2) is 0 Å². The number of halogens is 1. The van der Waals surface area contributed by atoms with Crippen molar-refractivity contribution in [3.05, 3.63) is 83.4 Å². The Kier molecular flexibility index (Phi) is 5.01. The fourth-order valence-electron chi connectivity index (χ4n) is 4.09. The smallest absolute Gasteiger partial charge is 0.137 e. The van der Waals surface area contributed by atoms with Gasteiger partial charge >= 0.3 is 0 Å². The Morgan fingerprint density at radius 1 is 1.19 bits per heavy atom. The third kappa shape index (κ3) is 3.51. The quantitative estimate of drug-likeness (QED) is 0.592. The second-order valence-electron chi connectivity index (χ2n) is 7.31. The molecule has 0 saturated heterocycles. The van der Waals surface area contributed by atoms with E-state index in [1.54, 1.807) is 11.0 Å². The molecule has 0 spiro atoms. The van der Waals surface area contributed by atoms with Crippen LogP contribution in [0.2, 0.25) is 5.02 Å². The van der Waals surface area contributed by atoms with E-state index in [9.17, 15) is 5.11 Å². The van der Waals surface area contributed by atoms with Crippen molar-refractivity contribution in [1.29, 1.82) is 0 Å². The van der Waals surface area contributed by atoms with Crippen molar-refractivity contribution in [2.24, 2.45) is 0 Å². The minimum atomic E-state index is -0.992. The van der Waals surface area contributed by atoms with E-state index in [0.29, 0.717) is 13.0 Å². The van der Waals surface area contributed by atoms with Crippen molar-refractivity contribution >= 4 is 24.2 Å². The van der Waals surface area contributed by atoms with Crippen LogP contribution in [0.4, 0.5) is 0 Å². The Morgan fingerprint density at radius 3 is 2.48 bits per heavy atom. The van der Waals surface area contributed by atoms with Gasteiger partial charge in [-0.05, 0) is 42.5 Å². The highest BCUT2D eigenvalue weighted by molar-refractivity contribution is 7.81. The van der Waals surface area contributed by atoms with Gasteiger partial charge in [-0.15, -0.1) is 0 Å². The first-order chi connectivity index (χ1) is 13.0. The molecule has 2 aromatic carbocycles. The molecule has 1 aliphatic carbocycles. The third-order valence-corrected chi connectivity index (χ3v) is 6.55. The Bertz CT molecular complexity index is 888. The molecule has 1 heterocycles. The topological polar surface area (TPSA) is 50.9 Å². The van der Waals surface area contributed by atoms with Gasteiger partial charge in [-0.3, -0.25) is 4.68 Å². The van der Waals surface area contributed by atoms with Gasteiger partial charge < -0.3 is 5.11 Å². The van der Waals surface area contributed by atoms with Crippen molar-refractivity contribution in [2.45, 2.75) is 42.1 Å². The van der Waals surface area contributed by atoms with Crippen molar-refractivity contribution in [1.82, 2.24) is 14.8 Å². The summed E-state index contributed by atoms with van der Waals surface area (Å²) in [5, 5.41) is 17.0. The normalized spacial score (nSPS) is 23.7. The number of hydrogen-bond acceptors (Lipinski definition) is 4. The van der Waals surface area contributed by atoms with Gasteiger partial charge in [0.25, 0.3) is 0 Å². The maximum Gasteiger partial charge on any atom is 0.137 e.